The van der Waals surface area contributed by atoms with Crippen LogP contribution in [-0.2, 0) is 0 Å². The zero-order chi connectivity index (χ0) is 19.0. The zero-order valence-corrected chi connectivity index (χ0v) is 15.1. The van der Waals surface area contributed by atoms with E-state index in [1.165, 1.54) is 10.8 Å². The molecule has 27 heavy (non-hydrogen) atoms. The minimum atomic E-state index is -0.369. The second-order valence-electron chi connectivity index (χ2n) is 5.91. The number of methoxy groups -OCH3 is 1. The van der Waals surface area contributed by atoms with Gasteiger partial charge < -0.3 is 10.5 Å². The molecule has 0 atom stereocenters. The van der Waals surface area contributed by atoms with E-state index < -0.39 is 0 Å². The van der Waals surface area contributed by atoms with Crippen LogP contribution in [0, 0.1) is 0 Å². The zero-order valence-electron chi connectivity index (χ0n) is 14.4. The van der Waals surface area contributed by atoms with E-state index in [0.29, 0.717) is 27.3 Å². The van der Waals surface area contributed by atoms with Crippen LogP contribution in [0.4, 0.5) is 5.82 Å². The first-order chi connectivity index (χ1) is 13.1. The lowest BCUT2D eigenvalue weighted by Crippen LogP contribution is -2.10. The number of nitrogen functional groups attached to an aromatic ring is 1. The molecule has 134 valence electrons. The molecule has 0 amide bonds. The van der Waals surface area contributed by atoms with Gasteiger partial charge in [0.1, 0.15) is 5.75 Å². The molecule has 0 radical (unpaired) electrons. The van der Waals surface area contributed by atoms with E-state index in [1.807, 2.05) is 36.4 Å². The van der Waals surface area contributed by atoms with Crippen molar-refractivity contribution in [3.05, 3.63) is 65.2 Å². The monoisotopic (exact) mass is 378 g/mol. The summed E-state index contributed by atoms with van der Waals surface area (Å²) in [4.78, 5) is 17.2. The number of carbonyl (C=O) groups is 1. The van der Waals surface area contributed by atoms with Crippen molar-refractivity contribution < 1.29 is 9.53 Å². The van der Waals surface area contributed by atoms with Crippen LogP contribution in [0.1, 0.15) is 10.4 Å². The molecule has 7 heteroatoms. The Hall–Kier alpha value is -3.38. The number of aromatic nitrogens is 3. The number of benzene rings is 2. The second-order valence-corrected chi connectivity index (χ2v) is 6.32. The van der Waals surface area contributed by atoms with Crippen LogP contribution < -0.4 is 10.5 Å². The van der Waals surface area contributed by atoms with Crippen LogP contribution in [0.25, 0.3) is 28.0 Å². The van der Waals surface area contributed by atoms with Gasteiger partial charge in [0.15, 0.2) is 11.5 Å². The van der Waals surface area contributed by atoms with Gasteiger partial charge in [0.2, 0.25) is 0 Å². The van der Waals surface area contributed by atoms with Crippen molar-refractivity contribution in [2.75, 3.05) is 12.8 Å². The van der Waals surface area contributed by atoms with Crippen molar-refractivity contribution in [2.24, 2.45) is 0 Å². The third-order valence-corrected chi connectivity index (χ3v) is 4.55. The molecule has 2 N–H and O–H groups in total. The van der Waals surface area contributed by atoms with Gasteiger partial charge in [-0.15, -0.1) is 5.10 Å². The molecule has 0 bridgehead atoms. The average Bonchev–Trinajstić information content (AvgIpc) is 3.01. The number of rotatable bonds is 3. The van der Waals surface area contributed by atoms with Gasteiger partial charge in [0.05, 0.1) is 18.0 Å². The van der Waals surface area contributed by atoms with Gasteiger partial charge in [-0.3, -0.25) is 4.79 Å². The van der Waals surface area contributed by atoms with Crippen LogP contribution >= 0.6 is 11.6 Å². The predicted molar refractivity (Wildman–Crippen MR) is 107 cm³/mol. The van der Waals surface area contributed by atoms with Crippen molar-refractivity contribution in [2.45, 2.75) is 0 Å². The average molecular weight is 379 g/mol. The summed E-state index contributed by atoms with van der Waals surface area (Å²) in [6, 6.07) is 14.6. The number of nitrogens with zero attached hydrogens (tertiary/aromatic N) is 3. The molecule has 4 aromatic rings. The number of pyridine rings is 1. The van der Waals surface area contributed by atoms with Crippen molar-refractivity contribution in [1.82, 2.24) is 14.8 Å². The summed E-state index contributed by atoms with van der Waals surface area (Å²) in [5, 5.41) is 6.22. The van der Waals surface area contributed by atoms with E-state index in [4.69, 9.17) is 22.1 Å². The third-order valence-electron chi connectivity index (χ3n) is 4.21. The molecular formula is C20H15ClN4O2. The van der Waals surface area contributed by atoms with Gasteiger partial charge in [-0.2, -0.15) is 4.68 Å². The summed E-state index contributed by atoms with van der Waals surface area (Å²) in [7, 11) is 1.59. The van der Waals surface area contributed by atoms with Crippen molar-refractivity contribution in [3.63, 3.8) is 0 Å². The third kappa shape index (κ3) is 3.11. The number of anilines is 1. The molecule has 0 fully saturated rings. The molecule has 4 rings (SSSR count). The van der Waals surface area contributed by atoms with Crippen molar-refractivity contribution in [1.29, 1.82) is 0 Å². The highest BCUT2D eigenvalue weighted by Crippen LogP contribution is 2.26. The Morgan fingerprint density at radius 3 is 2.81 bits per heavy atom. The van der Waals surface area contributed by atoms with E-state index in [1.54, 1.807) is 25.3 Å². The molecule has 2 aromatic carbocycles. The minimum Gasteiger partial charge on any atom is -0.497 e. The van der Waals surface area contributed by atoms with E-state index in [9.17, 15) is 4.79 Å². The number of hydrogen-bond acceptors (Lipinski definition) is 5. The van der Waals surface area contributed by atoms with E-state index in [-0.39, 0.29) is 11.7 Å². The van der Waals surface area contributed by atoms with Crippen LogP contribution in [0.5, 0.6) is 5.75 Å². The molecular weight excluding hydrogens is 364 g/mol. The molecule has 0 aliphatic carbocycles. The smallest absolute Gasteiger partial charge is 0.272 e. The Labute approximate surface area is 159 Å². The number of fused-ring (bicyclic) bond motifs is 2. The second kappa shape index (κ2) is 6.74. The Balaban J connectivity index is 1.80. The lowest BCUT2D eigenvalue weighted by atomic mass is 10.2. The van der Waals surface area contributed by atoms with Crippen LogP contribution in [0.15, 0.2) is 54.6 Å². The summed E-state index contributed by atoms with van der Waals surface area (Å²) in [5.41, 5.74) is 7.81. The van der Waals surface area contributed by atoms with Crippen LogP contribution in [0.3, 0.4) is 0 Å². The standard InChI is InChI=1S/C20H15ClN4O2/c1-27-14-8-6-13-10-15-19(22)24-25(20(15)23-17(13)11-14)18(26)9-7-12-4-2-3-5-16(12)21/h2-11H,1H3,(H2,22,24). The lowest BCUT2D eigenvalue weighted by molar-refractivity contribution is 0.0960. The Kier molecular flexibility index (Phi) is 4.25. The van der Waals surface area contributed by atoms with Gasteiger partial charge in [0.25, 0.3) is 5.91 Å². The predicted octanol–water partition coefficient (Wildman–Crippen LogP) is 4.18. The highest BCUT2D eigenvalue weighted by molar-refractivity contribution is 6.32. The number of allylic oxidation sites excluding steroid dienone is 1. The highest BCUT2D eigenvalue weighted by Gasteiger charge is 2.15. The van der Waals surface area contributed by atoms with E-state index in [2.05, 4.69) is 10.1 Å². The van der Waals surface area contributed by atoms with Gasteiger partial charge in [-0.05, 0) is 35.9 Å². The lowest BCUT2D eigenvalue weighted by Gasteiger charge is -2.03. The molecule has 0 unspecified atom stereocenters. The Morgan fingerprint density at radius 2 is 2.04 bits per heavy atom. The van der Waals surface area contributed by atoms with Gasteiger partial charge in [-0.1, -0.05) is 29.8 Å². The summed E-state index contributed by atoms with van der Waals surface area (Å²) in [6.45, 7) is 0. The summed E-state index contributed by atoms with van der Waals surface area (Å²) in [5.74, 6) is 0.555. The SMILES string of the molecule is COc1ccc2cc3c(N)nn(C(=O)C=Cc4ccccc4Cl)c3nc2c1. The van der Waals surface area contributed by atoms with E-state index in [0.717, 1.165) is 10.9 Å². The van der Waals surface area contributed by atoms with Gasteiger partial charge >= 0.3 is 0 Å². The summed E-state index contributed by atoms with van der Waals surface area (Å²) >= 11 is 6.12. The fourth-order valence-electron chi connectivity index (χ4n) is 2.82. The maximum absolute atomic E-state index is 12.7. The first-order valence-corrected chi connectivity index (χ1v) is 8.54. The molecule has 0 aliphatic heterocycles. The van der Waals surface area contributed by atoms with Crippen LogP contribution in [0.2, 0.25) is 5.02 Å². The molecule has 2 heterocycles. The summed E-state index contributed by atoms with van der Waals surface area (Å²) < 4.78 is 6.43. The highest BCUT2D eigenvalue weighted by atomic mass is 35.5. The molecule has 0 saturated heterocycles. The molecule has 0 spiro atoms. The number of ether oxygens (including phenoxy) is 1. The number of halogens is 1. The number of nitrogens with two attached hydrogens (primary N) is 1. The fraction of sp³-hybridized carbons (Fsp3) is 0.0500. The molecule has 6 nitrogen and oxygen atoms in total. The largest absolute Gasteiger partial charge is 0.497 e. The number of carbonyl (C=O) groups excluding carboxylic acids is 1. The Bertz CT molecular complexity index is 1210. The number of hydrogen-bond donors (Lipinski definition) is 1. The van der Waals surface area contributed by atoms with Gasteiger partial charge in [0, 0.05) is 22.6 Å². The molecule has 0 saturated carbocycles. The van der Waals surface area contributed by atoms with Crippen molar-refractivity contribution >= 4 is 51.3 Å². The quantitative estimate of drug-likeness (QED) is 0.540. The first kappa shape index (κ1) is 17.1. The first-order valence-electron chi connectivity index (χ1n) is 8.17. The van der Waals surface area contributed by atoms with E-state index >= 15 is 0 Å². The topological polar surface area (TPSA) is 83.0 Å². The maximum atomic E-state index is 12.7. The normalized spacial score (nSPS) is 11.5. The fourth-order valence-corrected chi connectivity index (χ4v) is 3.02. The molecule has 0 aliphatic rings. The maximum Gasteiger partial charge on any atom is 0.272 e. The molecule has 2 aromatic heterocycles. The van der Waals surface area contributed by atoms with Gasteiger partial charge in [-0.25, -0.2) is 4.98 Å². The minimum absolute atomic E-state index is 0.245. The summed E-state index contributed by atoms with van der Waals surface area (Å²) in [6.07, 6.45) is 3.03. The van der Waals surface area contributed by atoms with Crippen molar-refractivity contribution in [3.8, 4) is 5.75 Å². The Morgan fingerprint density at radius 1 is 1.22 bits per heavy atom. The van der Waals surface area contributed by atoms with Crippen LogP contribution in [-0.4, -0.2) is 27.8 Å².